The van der Waals surface area contributed by atoms with E-state index in [9.17, 15) is 14.4 Å². The summed E-state index contributed by atoms with van der Waals surface area (Å²) in [6.45, 7) is 0.567. The molecule has 3 N–H and O–H groups in total. The first-order valence-electron chi connectivity index (χ1n) is 11.1. The van der Waals surface area contributed by atoms with E-state index in [4.69, 9.17) is 9.84 Å². The number of carboxylic acids is 1. The first kappa shape index (κ1) is 21.7. The quantitative estimate of drug-likeness (QED) is 0.498. The van der Waals surface area contributed by atoms with E-state index in [1.54, 1.807) is 0 Å². The molecule has 1 aromatic heterocycles. The number of fused-ring (bicyclic) bond motifs is 3. The molecule has 1 saturated carbocycles. The van der Waals surface area contributed by atoms with E-state index in [0.29, 0.717) is 13.0 Å². The van der Waals surface area contributed by atoms with Crippen LogP contribution < -0.4 is 10.6 Å². The molecule has 9 nitrogen and oxygen atoms in total. The first-order valence-corrected chi connectivity index (χ1v) is 11.1. The molecule has 34 heavy (non-hydrogen) atoms. The summed E-state index contributed by atoms with van der Waals surface area (Å²) < 4.78 is 6.72. The molecule has 2 amide bonds. The molecule has 0 aliphatic heterocycles. The Balaban J connectivity index is 1.10. The summed E-state index contributed by atoms with van der Waals surface area (Å²) in [5, 5.41) is 18.5. The maximum absolute atomic E-state index is 12.4. The summed E-state index contributed by atoms with van der Waals surface area (Å²) in [4.78, 5) is 35.8. The molecule has 2 aliphatic carbocycles. The maximum Gasteiger partial charge on any atom is 0.407 e. The van der Waals surface area contributed by atoms with Crippen molar-refractivity contribution in [3.05, 3.63) is 71.4 Å². The summed E-state index contributed by atoms with van der Waals surface area (Å²) in [5.74, 6) is -1.43. The fraction of sp³-hybridized carbons (Fsp3) is 0.280. The fourth-order valence-corrected chi connectivity index (χ4v) is 4.61. The van der Waals surface area contributed by atoms with E-state index in [1.807, 2.05) is 24.3 Å². The zero-order chi connectivity index (χ0) is 23.8. The van der Waals surface area contributed by atoms with Crippen LogP contribution in [0.2, 0.25) is 0 Å². The number of carboxylic acid groups (broad SMARTS) is 1. The topological polar surface area (TPSA) is 123 Å². The number of nitrogens with zero attached hydrogens (tertiary/aromatic N) is 2. The third-order valence-corrected chi connectivity index (χ3v) is 6.46. The van der Waals surface area contributed by atoms with Crippen LogP contribution in [0.1, 0.15) is 34.0 Å². The van der Waals surface area contributed by atoms with Gasteiger partial charge in [-0.15, -0.1) is 0 Å². The lowest BCUT2D eigenvalue weighted by Gasteiger charge is -2.14. The standard InChI is InChI=1S/C25H24N4O5/c1-29-21(24(31)32)11-22(28-29)27-23(30)19-10-14(19)12-26-25(33)34-13-20-17-8-4-2-6-15(17)16-7-3-5-9-18(16)20/h2-9,11,14,19-20H,10,12-13H2,1H3,(H,26,33)(H,31,32)(H,27,28,30)/t14-,19-/m1/s1. The Morgan fingerprint density at radius 2 is 1.74 bits per heavy atom. The minimum Gasteiger partial charge on any atom is -0.477 e. The molecule has 1 fully saturated rings. The Morgan fingerprint density at radius 3 is 2.35 bits per heavy atom. The van der Waals surface area contributed by atoms with Gasteiger partial charge in [0.2, 0.25) is 5.91 Å². The van der Waals surface area contributed by atoms with E-state index < -0.39 is 12.1 Å². The highest BCUT2D eigenvalue weighted by molar-refractivity contribution is 5.95. The molecule has 174 valence electrons. The van der Waals surface area contributed by atoms with Crippen LogP contribution in [0.5, 0.6) is 0 Å². The molecule has 0 bridgehead atoms. The second-order valence-electron chi connectivity index (χ2n) is 8.64. The van der Waals surface area contributed by atoms with Crippen molar-refractivity contribution in [1.82, 2.24) is 15.1 Å². The van der Waals surface area contributed by atoms with Crippen molar-refractivity contribution >= 4 is 23.8 Å². The van der Waals surface area contributed by atoms with Crippen molar-refractivity contribution in [3.63, 3.8) is 0 Å². The van der Waals surface area contributed by atoms with Crippen molar-refractivity contribution in [1.29, 1.82) is 0 Å². The van der Waals surface area contributed by atoms with Crippen molar-refractivity contribution in [2.24, 2.45) is 18.9 Å². The predicted molar refractivity (Wildman–Crippen MR) is 123 cm³/mol. The van der Waals surface area contributed by atoms with Gasteiger partial charge in [-0.1, -0.05) is 48.5 Å². The van der Waals surface area contributed by atoms with Crippen LogP contribution in [-0.4, -0.2) is 46.0 Å². The van der Waals surface area contributed by atoms with Gasteiger partial charge in [-0.3, -0.25) is 9.48 Å². The third kappa shape index (κ3) is 4.12. The van der Waals surface area contributed by atoms with E-state index in [1.165, 1.54) is 28.9 Å². The number of aryl methyl sites for hydroxylation is 1. The summed E-state index contributed by atoms with van der Waals surface area (Å²) >= 11 is 0. The van der Waals surface area contributed by atoms with E-state index >= 15 is 0 Å². The number of carbonyl (C=O) groups excluding carboxylic acids is 2. The smallest absolute Gasteiger partial charge is 0.407 e. The minimum absolute atomic E-state index is 0.00291. The van der Waals surface area contributed by atoms with Crippen molar-refractivity contribution in [3.8, 4) is 11.1 Å². The second kappa shape index (κ2) is 8.66. The monoisotopic (exact) mass is 460 g/mol. The van der Waals surface area contributed by atoms with Gasteiger partial charge in [0.1, 0.15) is 12.3 Å². The fourth-order valence-electron chi connectivity index (χ4n) is 4.61. The highest BCUT2D eigenvalue weighted by Gasteiger charge is 2.43. The van der Waals surface area contributed by atoms with Gasteiger partial charge in [-0.05, 0) is 34.6 Å². The predicted octanol–water partition coefficient (Wildman–Crippen LogP) is 3.23. The molecule has 5 rings (SSSR count). The van der Waals surface area contributed by atoms with E-state index in [2.05, 4.69) is 40.0 Å². The lowest BCUT2D eigenvalue weighted by molar-refractivity contribution is -0.117. The molecule has 0 unspecified atom stereocenters. The van der Waals surface area contributed by atoms with Crippen LogP contribution >= 0.6 is 0 Å². The number of alkyl carbamates (subject to hydrolysis) is 1. The number of rotatable bonds is 7. The lowest BCUT2D eigenvalue weighted by atomic mass is 9.98. The van der Waals surface area contributed by atoms with E-state index in [0.717, 1.165) is 11.1 Å². The summed E-state index contributed by atoms with van der Waals surface area (Å²) in [6, 6.07) is 17.6. The molecule has 0 radical (unpaired) electrons. The van der Waals surface area contributed by atoms with Crippen LogP contribution in [0, 0.1) is 11.8 Å². The van der Waals surface area contributed by atoms with Gasteiger partial charge in [0, 0.05) is 31.5 Å². The second-order valence-corrected chi connectivity index (χ2v) is 8.64. The Morgan fingerprint density at radius 1 is 1.09 bits per heavy atom. The summed E-state index contributed by atoms with van der Waals surface area (Å²) in [7, 11) is 1.50. The van der Waals surface area contributed by atoms with Crippen LogP contribution in [0.15, 0.2) is 54.6 Å². The van der Waals surface area contributed by atoms with Crippen LogP contribution in [0.4, 0.5) is 10.6 Å². The number of hydrogen-bond acceptors (Lipinski definition) is 5. The minimum atomic E-state index is -1.12. The zero-order valence-corrected chi connectivity index (χ0v) is 18.5. The van der Waals surface area contributed by atoms with Gasteiger partial charge in [0.25, 0.3) is 0 Å². The Kier molecular flexibility index (Phi) is 5.53. The molecule has 0 spiro atoms. The number of ether oxygens (including phenoxy) is 1. The highest BCUT2D eigenvalue weighted by Crippen LogP contribution is 2.44. The summed E-state index contributed by atoms with van der Waals surface area (Å²) in [6.07, 6.45) is 0.123. The lowest BCUT2D eigenvalue weighted by Crippen LogP contribution is -2.29. The molecular formula is C25H24N4O5. The molecule has 1 heterocycles. The highest BCUT2D eigenvalue weighted by atomic mass is 16.5. The van der Waals surface area contributed by atoms with Crippen molar-refractivity contribution in [2.75, 3.05) is 18.5 Å². The number of benzene rings is 2. The number of nitrogens with one attached hydrogen (secondary N) is 2. The number of anilines is 1. The number of amides is 2. The van der Waals surface area contributed by atoms with Gasteiger partial charge in [0.05, 0.1) is 0 Å². The molecule has 2 atom stereocenters. The average Bonchev–Trinajstić information content (AvgIpc) is 3.42. The van der Waals surface area contributed by atoms with Crippen LogP contribution in [0.25, 0.3) is 11.1 Å². The SMILES string of the molecule is Cn1nc(NC(=O)[C@@H]2C[C@@H]2CNC(=O)OCC2c3ccccc3-c3ccccc32)cc1C(=O)O. The van der Waals surface area contributed by atoms with Crippen LogP contribution in [0.3, 0.4) is 0 Å². The molecule has 0 saturated heterocycles. The molecule has 9 heteroatoms. The van der Waals surface area contributed by atoms with Crippen molar-refractivity contribution in [2.45, 2.75) is 12.3 Å². The molecule has 2 aliphatic rings. The number of carbonyl (C=O) groups is 3. The molecule has 3 aromatic rings. The van der Waals surface area contributed by atoms with Gasteiger partial charge in [-0.25, -0.2) is 9.59 Å². The molecule has 2 aromatic carbocycles. The van der Waals surface area contributed by atoms with E-state index in [-0.39, 0.29) is 41.8 Å². The Labute approximate surface area is 195 Å². The zero-order valence-electron chi connectivity index (χ0n) is 18.5. The van der Waals surface area contributed by atoms with Gasteiger partial charge >= 0.3 is 12.1 Å². The summed E-state index contributed by atoms with van der Waals surface area (Å²) in [5.41, 5.74) is 4.62. The number of aromatic nitrogens is 2. The van der Waals surface area contributed by atoms with Gasteiger partial charge < -0.3 is 20.5 Å². The van der Waals surface area contributed by atoms with Crippen LogP contribution in [-0.2, 0) is 16.6 Å². The molecular weight excluding hydrogens is 436 g/mol. The van der Waals surface area contributed by atoms with Crippen molar-refractivity contribution < 1.29 is 24.2 Å². The van der Waals surface area contributed by atoms with Gasteiger partial charge in [-0.2, -0.15) is 5.10 Å². The number of aromatic carboxylic acids is 1. The Bertz CT molecular complexity index is 1240. The van der Waals surface area contributed by atoms with Gasteiger partial charge in [0.15, 0.2) is 5.82 Å². The third-order valence-electron chi connectivity index (χ3n) is 6.46. The average molecular weight is 460 g/mol. The Hall–Kier alpha value is -4.14. The maximum atomic E-state index is 12.4. The number of hydrogen-bond donors (Lipinski definition) is 3. The largest absolute Gasteiger partial charge is 0.477 e. The first-order chi connectivity index (χ1) is 16.4. The normalized spacial score (nSPS) is 18.0.